The second-order valence-corrected chi connectivity index (χ2v) is 4.79. The molecule has 0 amide bonds. The van der Waals surface area contributed by atoms with E-state index in [1.807, 2.05) is 12.4 Å². The monoisotopic (exact) mass is 220 g/mol. The van der Waals surface area contributed by atoms with Crippen LogP contribution in [0.1, 0.15) is 5.56 Å². The smallest absolute Gasteiger partial charge is 0.0593 e. The first kappa shape index (κ1) is 10.2. The van der Waals surface area contributed by atoms with Gasteiger partial charge in [-0.15, -0.1) is 0 Å². The van der Waals surface area contributed by atoms with Crippen LogP contribution < -0.4 is 5.73 Å². The average Bonchev–Trinajstić information content (AvgIpc) is 2.22. The van der Waals surface area contributed by atoms with Gasteiger partial charge in [-0.2, -0.15) is 0 Å². The van der Waals surface area contributed by atoms with Crippen LogP contribution >= 0.6 is 0 Å². The Kier molecular flexibility index (Phi) is 2.24. The molecule has 0 spiro atoms. The third-order valence-corrected chi connectivity index (χ3v) is 4.09. The van der Waals surface area contributed by atoms with Gasteiger partial charge in [0.1, 0.15) is 0 Å². The largest absolute Gasteiger partial charge is 0.380 e. The van der Waals surface area contributed by atoms with E-state index in [-0.39, 0.29) is 10.8 Å². The van der Waals surface area contributed by atoms with Crippen LogP contribution in [0.25, 0.3) is 0 Å². The average molecular weight is 220 g/mol. The summed E-state index contributed by atoms with van der Waals surface area (Å²) in [7, 11) is 0. The van der Waals surface area contributed by atoms with Crippen molar-refractivity contribution in [2.45, 2.75) is 5.41 Å². The molecular weight excluding hydrogens is 204 g/mol. The lowest BCUT2D eigenvalue weighted by molar-refractivity contribution is -0.223. The van der Waals surface area contributed by atoms with Crippen molar-refractivity contribution in [3.63, 3.8) is 0 Å². The molecule has 2 aliphatic rings. The van der Waals surface area contributed by atoms with Crippen molar-refractivity contribution in [2.75, 3.05) is 33.0 Å². The van der Waals surface area contributed by atoms with Crippen LogP contribution in [0, 0.1) is 5.41 Å². The van der Waals surface area contributed by atoms with Gasteiger partial charge in [-0.25, -0.2) is 0 Å². The van der Waals surface area contributed by atoms with E-state index < -0.39 is 0 Å². The SMILES string of the molecule is NCC1(C2(c3ccncc3)COC2)COC1. The van der Waals surface area contributed by atoms with Crippen LogP contribution in [0.3, 0.4) is 0 Å². The zero-order valence-corrected chi connectivity index (χ0v) is 9.19. The van der Waals surface area contributed by atoms with Gasteiger partial charge in [-0.3, -0.25) is 4.98 Å². The number of ether oxygens (including phenoxy) is 2. The van der Waals surface area contributed by atoms with Crippen LogP contribution in [0.5, 0.6) is 0 Å². The van der Waals surface area contributed by atoms with Gasteiger partial charge >= 0.3 is 0 Å². The van der Waals surface area contributed by atoms with E-state index >= 15 is 0 Å². The van der Waals surface area contributed by atoms with Gasteiger partial charge in [0.2, 0.25) is 0 Å². The summed E-state index contributed by atoms with van der Waals surface area (Å²) in [6.07, 6.45) is 3.66. The number of aromatic nitrogens is 1. The zero-order chi connectivity index (χ0) is 11.1. The maximum atomic E-state index is 5.95. The van der Waals surface area contributed by atoms with Gasteiger partial charge < -0.3 is 15.2 Å². The minimum Gasteiger partial charge on any atom is -0.380 e. The van der Waals surface area contributed by atoms with E-state index in [0.717, 1.165) is 26.4 Å². The third-order valence-electron chi connectivity index (χ3n) is 4.09. The van der Waals surface area contributed by atoms with Gasteiger partial charge in [0.05, 0.1) is 31.8 Å². The van der Waals surface area contributed by atoms with Gasteiger partial charge in [0.25, 0.3) is 0 Å². The van der Waals surface area contributed by atoms with Gasteiger partial charge in [0, 0.05) is 24.4 Å². The number of nitrogens with zero attached hydrogens (tertiary/aromatic N) is 1. The molecule has 1 aromatic rings. The summed E-state index contributed by atoms with van der Waals surface area (Å²) in [4.78, 5) is 4.07. The Morgan fingerprint density at radius 1 is 1.12 bits per heavy atom. The minimum absolute atomic E-state index is 0.0446. The zero-order valence-electron chi connectivity index (χ0n) is 9.19. The standard InChI is InChI=1S/C12H16N2O2/c13-5-11(6-15-7-11)12(8-16-9-12)10-1-3-14-4-2-10/h1-4H,5-9,13H2. The van der Waals surface area contributed by atoms with E-state index in [1.54, 1.807) is 0 Å². The number of hydrogen-bond acceptors (Lipinski definition) is 4. The molecule has 0 aromatic carbocycles. The fourth-order valence-electron chi connectivity index (χ4n) is 2.69. The molecule has 86 valence electrons. The molecule has 0 saturated carbocycles. The Hall–Kier alpha value is -0.970. The van der Waals surface area contributed by atoms with Gasteiger partial charge in [-0.1, -0.05) is 0 Å². The lowest BCUT2D eigenvalue weighted by atomic mass is 9.57. The predicted molar refractivity (Wildman–Crippen MR) is 59.0 cm³/mol. The molecule has 2 N–H and O–H groups in total. The highest BCUT2D eigenvalue weighted by atomic mass is 16.5. The van der Waals surface area contributed by atoms with E-state index in [2.05, 4.69) is 17.1 Å². The first-order chi connectivity index (χ1) is 7.83. The Morgan fingerprint density at radius 2 is 1.75 bits per heavy atom. The van der Waals surface area contributed by atoms with Crippen LogP contribution in [0.2, 0.25) is 0 Å². The van der Waals surface area contributed by atoms with Crippen LogP contribution in [0.15, 0.2) is 24.5 Å². The molecule has 0 unspecified atom stereocenters. The quantitative estimate of drug-likeness (QED) is 0.797. The van der Waals surface area contributed by atoms with E-state index in [0.29, 0.717) is 6.54 Å². The Bertz CT molecular complexity index is 366. The van der Waals surface area contributed by atoms with Crippen molar-refractivity contribution in [3.05, 3.63) is 30.1 Å². The molecule has 0 atom stereocenters. The molecular formula is C12H16N2O2. The summed E-state index contributed by atoms with van der Waals surface area (Å²) < 4.78 is 10.8. The van der Waals surface area contributed by atoms with E-state index in [1.165, 1.54) is 5.56 Å². The molecule has 2 fully saturated rings. The Balaban J connectivity index is 2.00. The highest BCUT2D eigenvalue weighted by molar-refractivity contribution is 5.31. The second-order valence-electron chi connectivity index (χ2n) is 4.79. The molecule has 3 heterocycles. The van der Waals surface area contributed by atoms with Gasteiger partial charge in [0.15, 0.2) is 0 Å². The molecule has 1 aromatic heterocycles. The van der Waals surface area contributed by atoms with Crippen molar-refractivity contribution in [3.8, 4) is 0 Å². The van der Waals surface area contributed by atoms with Crippen LogP contribution in [-0.2, 0) is 14.9 Å². The molecule has 16 heavy (non-hydrogen) atoms. The molecule has 4 heteroatoms. The summed E-state index contributed by atoms with van der Waals surface area (Å²) in [6.45, 7) is 3.64. The van der Waals surface area contributed by atoms with Crippen molar-refractivity contribution in [1.82, 2.24) is 4.98 Å². The molecule has 2 saturated heterocycles. The summed E-state index contributed by atoms with van der Waals surface area (Å²) in [5.41, 5.74) is 7.34. The fourth-order valence-corrected chi connectivity index (χ4v) is 2.69. The van der Waals surface area contributed by atoms with E-state index in [9.17, 15) is 0 Å². The van der Waals surface area contributed by atoms with Crippen molar-refractivity contribution >= 4 is 0 Å². The summed E-state index contributed by atoms with van der Waals surface area (Å²) in [5.74, 6) is 0. The highest BCUT2D eigenvalue weighted by Crippen LogP contribution is 2.50. The van der Waals surface area contributed by atoms with Crippen molar-refractivity contribution < 1.29 is 9.47 Å². The summed E-state index contributed by atoms with van der Waals surface area (Å²) >= 11 is 0. The Morgan fingerprint density at radius 3 is 2.12 bits per heavy atom. The fraction of sp³-hybridized carbons (Fsp3) is 0.583. The van der Waals surface area contributed by atoms with Crippen LogP contribution in [-0.4, -0.2) is 38.0 Å². The normalized spacial score (nSPS) is 25.6. The second kappa shape index (κ2) is 3.52. The number of hydrogen-bond donors (Lipinski definition) is 1. The van der Waals surface area contributed by atoms with Crippen molar-refractivity contribution in [2.24, 2.45) is 11.1 Å². The first-order valence-corrected chi connectivity index (χ1v) is 5.59. The number of nitrogens with two attached hydrogens (primary N) is 1. The lowest BCUT2D eigenvalue weighted by Gasteiger charge is -2.59. The van der Waals surface area contributed by atoms with Gasteiger partial charge in [-0.05, 0) is 17.7 Å². The highest BCUT2D eigenvalue weighted by Gasteiger charge is 2.60. The molecule has 0 radical (unpaired) electrons. The number of pyridine rings is 1. The summed E-state index contributed by atoms with van der Waals surface area (Å²) in [6, 6.07) is 4.14. The molecule has 4 nitrogen and oxygen atoms in total. The number of rotatable bonds is 3. The molecule has 2 aliphatic heterocycles. The molecule has 3 rings (SSSR count). The van der Waals surface area contributed by atoms with E-state index in [4.69, 9.17) is 15.2 Å². The predicted octanol–water partition coefficient (Wildman–Crippen LogP) is 0.325. The lowest BCUT2D eigenvalue weighted by Crippen LogP contribution is -2.69. The minimum atomic E-state index is 0.0446. The first-order valence-electron chi connectivity index (χ1n) is 5.59. The van der Waals surface area contributed by atoms with Crippen LogP contribution in [0.4, 0.5) is 0 Å². The van der Waals surface area contributed by atoms with Crippen molar-refractivity contribution in [1.29, 1.82) is 0 Å². The maximum Gasteiger partial charge on any atom is 0.0593 e. The third kappa shape index (κ3) is 1.12. The summed E-state index contributed by atoms with van der Waals surface area (Å²) in [5, 5.41) is 0. The topological polar surface area (TPSA) is 57.4 Å². The molecule has 0 bridgehead atoms. The Labute approximate surface area is 94.8 Å². The molecule has 0 aliphatic carbocycles. The maximum absolute atomic E-state index is 5.95.